The number of nitrogens with one attached hydrogen (secondary N) is 1. The number of hydrogen-bond donors (Lipinski definition) is 3. The molecule has 0 saturated carbocycles. The molecule has 2 aromatic rings. The van der Waals surface area contributed by atoms with Crippen molar-refractivity contribution in [2.75, 3.05) is 5.32 Å². The predicted molar refractivity (Wildman–Crippen MR) is 76.5 cm³/mol. The predicted octanol–water partition coefficient (Wildman–Crippen LogP) is 1.97. The fraction of sp³-hybridized carbons (Fsp3) is 0.100. The van der Waals surface area contributed by atoms with Gasteiger partial charge in [0.2, 0.25) is 0 Å². The van der Waals surface area contributed by atoms with Crippen LogP contribution in [0.25, 0.3) is 0 Å². The van der Waals surface area contributed by atoms with Crippen molar-refractivity contribution in [3.63, 3.8) is 0 Å². The topological polar surface area (TPSA) is 117 Å². The summed E-state index contributed by atoms with van der Waals surface area (Å²) in [6, 6.07) is 4.53. The molecule has 112 valence electrons. The molecule has 3 N–H and O–H groups in total. The Morgan fingerprint density at radius 1 is 1.38 bits per heavy atom. The highest BCUT2D eigenvalue weighted by atomic mass is 35.5. The van der Waals surface area contributed by atoms with E-state index in [1.54, 1.807) is 6.07 Å². The molecule has 0 aliphatic heterocycles. The first-order chi connectivity index (χ1) is 9.74. The monoisotopic (exact) mass is 350 g/mol. The molecular formula is C10H9Cl2N4O4P. The van der Waals surface area contributed by atoms with Crippen molar-refractivity contribution in [3.05, 3.63) is 40.1 Å². The van der Waals surface area contributed by atoms with Crippen LogP contribution in [-0.4, -0.2) is 30.7 Å². The lowest BCUT2D eigenvalue weighted by Crippen LogP contribution is -2.14. The summed E-state index contributed by atoms with van der Waals surface area (Å²) >= 11 is 11.6. The molecule has 1 aromatic carbocycles. The van der Waals surface area contributed by atoms with E-state index < -0.39 is 19.8 Å². The lowest BCUT2D eigenvalue weighted by Gasteiger charge is -2.05. The van der Waals surface area contributed by atoms with Crippen molar-refractivity contribution in [2.24, 2.45) is 0 Å². The molecule has 0 aliphatic carbocycles. The Balaban J connectivity index is 2.12. The van der Waals surface area contributed by atoms with E-state index in [0.717, 1.165) is 11.0 Å². The summed E-state index contributed by atoms with van der Waals surface area (Å²) < 4.78 is 10.8. The van der Waals surface area contributed by atoms with E-state index in [4.69, 9.17) is 33.0 Å². The lowest BCUT2D eigenvalue weighted by molar-refractivity contribution is 0.102. The lowest BCUT2D eigenvalue weighted by atomic mass is 10.3. The number of carbonyl (C=O) groups excluding carboxylic acids is 1. The van der Waals surface area contributed by atoms with Crippen LogP contribution in [0, 0.1) is 0 Å². The second-order valence-electron chi connectivity index (χ2n) is 3.99. The number of hydrogen-bond acceptors (Lipinski definition) is 4. The number of halogens is 2. The third-order valence-corrected chi connectivity index (χ3v) is 3.43. The highest BCUT2D eigenvalue weighted by Crippen LogP contribution is 2.35. The summed E-state index contributed by atoms with van der Waals surface area (Å²) in [7, 11) is -4.31. The average Bonchev–Trinajstić information content (AvgIpc) is 2.78. The second kappa shape index (κ2) is 6.13. The fourth-order valence-corrected chi connectivity index (χ4v) is 2.33. The largest absolute Gasteiger partial charge is 0.348 e. The van der Waals surface area contributed by atoms with Crippen molar-refractivity contribution >= 4 is 42.4 Å². The smallest absolute Gasteiger partial charge is 0.323 e. The number of nitrogens with zero attached hydrogens (tertiary/aromatic N) is 3. The molecule has 2 rings (SSSR count). The Hall–Kier alpha value is -1.44. The molecule has 1 aromatic heterocycles. The molecular weight excluding hydrogens is 342 g/mol. The van der Waals surface area contributed by atoms with Crippen molar-refractivity contribution in [2.45, 2.75) is 6.29 Å². The maximum Gasteiger partial charge on any atom is 0.348 e. The molecule has 1 amide bonds. The Labute approximate surface area is 128 Å². The van der Waals surface area contributed by atoms with Gasteiger partial charge >= 0.3 is 7.60 Å². The van der Waals surface area contributed by atoms with Crippen LogP contribution in [0.2, 0.25) is 10.0 Å². The molecule has 0 aliphatic rings. The minimum atomic E-state index is -4.31. The molecule has 0 spiro atoms. The first-order valence-electron chi connectivity index (χ1n) is 5.46. The summed E-state index contributed by atoms with van der Waals surface area (Å²) in [5, 5.41) is 10.4. The van der Waals surface area contributed by atoms with Crippen molar-refractivity contribution < 1.29 is 19.1 Å². The van der Waals surface area contributed by atoms with E-state index in [9.17, 15) is 9.36 Å². The standard InChI is InChI=1S/C10H9Cl2N4O4P/c11-6-1-2-8(7(12)3-6)14-10(17)9-4-13-16(15-9)5-21(18,19)20/h1-4H,5H2,(H,14,17)(H2,18,19,20). The van der Waals surface area contributed by atoms with Crippen LogP contribution in [0.4, 0.5) is 5.69 Å². The Kier molecular flexibility index (Phi) is 4.65. The van der Waals surface area contributed by atoms with Gasteiger partial charge in [-0.25, -0.2) is 0 Å². The Morgan fingerprint density at radius 3 is 2.71 bits per heavy atom. The van der Waals surface area contributed by atoms with Crippen LogP contribution < -0.4 is 5.32 Å². The van der Waals surface area contributed by atoms with Crippen LogP contribution in [0.5, 0.6) is 0 Å². The molecule has 21 heavy (non-hydrogen) atoms. The summed E-state index contributed by atoms with van der Waals surface area (Å²) in [6.45, 7) is 0. The number of aromatic nitrogens is 3. The Morgan fingerprint density at radius 2 is 2.10 bits per heavy atom. The van der Waals surface area contributed by atoms with Gasteiger partial charge in [0.25, 0.3) is 5.91 Å². The van der Waals surface area contributed by atoms with Crippen LogP contribution in [0.3, 0.4) is 0 Å². The van der Waals surface area contributed by atoms with E-state index >= 15 is 0 Å². The first-order valence-corrected chi connectivity index (χ1v) is 8.01. The minimum absolute atomic E-state index is 0.102. The summed E-state index contributed by atoms with van der Waals surface area (Å²) in [5.74, 6) is -0.615. The third kappa shape index (κ3) is 4.52. The zero-order chi connectivity index (χ0) is 15.6. The van der Waals surface area contributed by atoms with Gasteiger partial charge in [-0.3, -0.25) is 9.36 Å². The zero-order valence-electron chi connectivity index (χ0n) is 10.3. The molecule has 0 unspecified atom stereocenters. The highest BCUT2D eigenvalue weighted by Gasteiger charge is 2.18. The number of benzene rings is 1. The third-order valence-electron chi connectivity index (χ3n) is 2.26. The van der Waals surface area contributed by atoms with E-state index in [1.807, 2.05) is 0 Å². The summed E-state index contributed by atoms with van der Waals surface area (Å²) in [5.41, 5.74) is 0.227. The van der Waals surface area contributed by atoms with E-state index in [0.29, 0.717) is 10.7 Å². The van der Waals surface area contributed by atoms with Crippen LogP contribution >= 0.6 is 30.8 Å². The molecule has 0 fully saturated rings. The summed E-state index contributed by atoms with van der Waals surface area (Å²) in [6.07, 6.45) is 0.386. The van der Waals surface area contributed by atoms with Gasteiger partial charge < -0.3 is 15.1 Å². The van der Waals surface area contributed by atoms with Crippen LogP contribution in [0.15, 0.2) is 24.4 Å². The van der Waals surface area contributed by atoms with E-state index in [-0.39, 0.29) is 10.7 Å². The number of anilines is 1. The van der Waals surface area contributed by atoms with Gasteiger partial charge in [0.1, 0.15) is 0 Å². The van der Waals surface area contributed by atoms with Gasteiger partial charge in [0.05, 0.1) is 16.9 Å². The van der Waals surface area contributed by atoms with Crippen molar-refractivity contribution in [1.29, 1.82) is 0 Å². The second-order valence-corrected chi connectivity index (χ2v) is 6.44. The molecule has 8 nitrogen and oxygen atoms in total. The first kappa shape index (κ1) is 15.9. The van der Waals surface area contributed by atoms with Gasteiger partial charge in [0.15, 0.2) is 12.0 Å². The molecule has 0 radical (unpaired) electrons. The minimum Gasteiger partial charge on any atom is -0.323 e. The van der Waals surface area contributed by atoms with Gasteiger partial charge in [0, 0.05) is 5.02 Å². The molecule has 0 atom stereocenters. The number of carbonyl (C=O) groups is 1. The molecule has 0 bridgehead atoms. The quantitative estimate of drug-likeness (QED) is 0.725. The number of rotatable bonds is 4. The zero-order valence-corrected chi connectivity index (χ0v) is 12.7. The maximum atomic E-state index is 11.9. The van der Waals surface area contributed by atoms with Gasteiger partial charge in [-0.2, -0.15) is 9.90 Å². The van der Waals surface area contributed by atoms with Crippen molar-refractivity contribution in [3.8, 4) is 0 Å². The molecule has 11 heteroatoms. The molecule has 1 heterocycles. The Bertz CT molecular complexity index is 730. The highest BCUT2D eigenvalue weighted by molar-refractivity contribution is 7.50. The van der Waals surface area contributed by atoms with Crippen LogP contribution in [-0.2, 0) is 10.9 Å². The normalized spacial score (nSPS) is 11.4. The summed E-state index contributed by atoms with van der Waals surface area (Å²) in [4.78, 5) is 30.3. The average molecular weight is 351 g/mol. The van der Waals surface area contributed by atoms with Gasteiger partial charge in [-0.1, -0.05) is 23.2 Å². The SMILES string of the molecule is O=C(Nc1ccc(Cl)cc1Cl)c1cnn(CP(=O)(O)O)n1. The van der Waals surface area contributed by atoms with Crippen LogP contribution in [0.1, 0.15) is 10.5 Å². The molecule has 0 saturated heterocycles. The maximum absolute atomic E-state index is 11.9. The van der Waals surface area contributed by atoms with Gasteiger partial charge in [-0.05, 0) is 18.2 Å². The fourth-order valence-electron chi connectivity index (χ4n) is 1.41. The number of amides is 1. The van der Waals surface area contributed by atoms with Crippen molar-refractivity contribution in [1.82, 2.24) is 15.0 Å². The van der Waals surface area contributed by atoms with E-state index in [2.05, 4.69) is 15.5 Å². The van der Waals surface area contributed by atoms with E-state index in [1.165, 1.54) is 12.1 Å². The van der Waals surface area contributed by atoms with Gasteiger partial charge in [-0.15, -0.1) is 5.10 Å².